The molecule has 3 aromatic heterocycles. The van der Waals surface area contributed by atoms with E-state index in [1.165, 1.54) is 11.0 Å². The lowest BCUT2D eigenvalue weighted by Crippen LogP contribution is -2.14. The minimum absolute atomic E-state index is 0.254. The zero-order valence-corrected chi connectivity index (χ0v) is 17.0. The molecule has 0 radical (unpaired) electrons. The first-order chi connectivity index (χ1) is 14.6. The van der Waals surface area contributed by atoms with Crippen molar-refractivity contribution in [1.82, 2.24) is 35.0 Å². The van der Waals surface area contributed by atoms with E-state index in [9.17, 15) is 4.79 Å². The third-order valence-electron chi connectivity index (χ3n) is 5.12. The Morgan fingerprint density at radius 2 is 2.17 bits per heavy atom. The first-order valence-corrected chi connectivity index (χ1v) is 10.2. The minimum atomic E-state index is -0.254. The van der Waals surface area contributed by atoms with Gasteiger partial charge in [-0.05, 0) is 54.0 Å². The molecule has 1 N–H and O–H groups in total. The van der Waals surface area contributed by atoms with E-state index in [4.69, 9.17) is 16.6 Å². The van der Waals surface area contributed by atoms with Crippen LogP contribution in [0, 0.1) is 0 Å². The average molecular weight is 423 g/mol. The molecule has 30 heavy (non-hydrogen) atoms. The second-order valence-corrected chi connectivity index (χ2v) is 7.75. The summed E-state index contributed by atoms with van der Waals surface area (Å²) in [5.74, 6) is 0.161. The van der Waals surface area contributed by atoms with Gasteiger partial charge >= 0.3 is 0 Å². The number of aryl methyl sites for hydroxylation is 1. The number of nitrogens with zero attached hydrogens (tertiary/aromatic N) is 7. The van der Waals surface area contributed by atoms with Gasteiger partial charge in [-0.25, -0.2) is 14.3 Å². The van der Waals surface area contributed by atoms with Crippen molar-refractivity contribution in [2.24, 2.45) is 0 Å². The van der Waals surface area contributed by atoms with E-state index in [0.29, 0.717) is 27.9 Å². The number of tetrazole rings is 1. The number of carbonyl (C=O) groups excluding carboxylic acids is 1. The highest BCUT2D eigenvalue weighted by Crippen LogP contribution is 2.40. The number of carbonyl (C=O) groups is 1. The van der Waals surface area contributed by atoms with E-state index < -0.39 is 0 Å². The van der Waals surface area contributed by atoms with Gasteiger partial charge in [0.1, 0.15) is 6.33 Å². The molecule has 1 aromatic carbocycles. The molecule has 1 amide bonds. The van der Waals surface area contributed by atoms with Crippen LogP contribution < -0.4 is 5.32 Å². The van der Waals surface area contributed by atoms with Crippen LogP contribution in [0.1, 0.15) is 48.2 Å². The van der Waals surface area contributed by atoms with Gasteiger partial charge in [0, 0.05) is 18.2 Å². The largest absolute Gasteiger partial charge is 0.321 e. The van der Waals surface area contributed by atoms with Gasteiger partial charge in [0.2, 0.25) is 0 Å². The molecule has 10 heteroatoms. The third-order valence-corrected chi connectivity index (χ3v) is 5.45. The van der Waals surface area contributed by atoms with Crippen molar-refractivity contribution in [3.05, 3.63) is 53.1 Å². The maximum Gasteiger partial charge on any atom is 0.256 e. The lowest BCUT2D eigenvalue weighted by Gasteiger charge is -2.11. The highest BCUT2D eigenvalue weighted by molar-refractivity contribution is 6.34. The number of halogens is 1. The summed E-state index contributed by atoms with van der Waals surface area (Å²) in [5, 5.41) is 19.7. The Morgan fingerprint density at radius 1 is 1.30 bits per heavy atom. The van der Waals surface area contributed by atoms with Crippen molar-refractivity contribution in [2.45, 2.75) is 38.6 Å². The van der Waals surface area contributed by atoms with Crippen LogP contribution in [0.25, 0.3) is 16.7 Å². The van der Waals surface area contributed by atoms with Crippen LogP contribution in [0.15, 0.2) is 36.8 Å². The number of nitrogens with one attached hydrogen (secondary N) is 1. The van der Waals surface area contributed by atoms with Crippen molar-refractivity contribution in [3.63, 3.8) is 0 Å². The van der Waals surface area contributed by atoms with Crippen molar-refractivity contribution in [1.29, 1.82) is 0 Å². The summed E-state index contributed by atoms with van der Waals surface area (Å²) in [6.07, 6.45) is 6.32. The van der Waals surface area contributed by atoms with Gasteiger partial charge < -0.3 is 5.32 Å². The van der Waals surface area contributed by atoms with Crippen molar-refractivity contribution in [2.75, 3.05) is 5.32 Å². The smallest absolute Gasteiger partial charge is 0.256 e. The Labute approximate surface area is 177 Å². The van der Waals surface area contributed by atoms with E-state index in [2.05, 4.69) is 32.9 Å². The number of pyridine rings is 1. The van der Waals surface area contributed by atoms with Crippen molar-refractivity contribution < 1.29 is 4.79 Å². The molecule has 152 valence electrons. The lowest BCUT2D eigenvalue weighted by molar-refractivity contribution is 0.102. The molecule has 1 aliphatic carbocycles. The molecule has 3 heterocycles. The van der Waals surface area contributed by atoms with E-state index >= 15 is 0 Å². The molecule has 1 aliphatic rings. The summed E-state index contributed by atoms with van der Waals surface area (Å²) < 4.78 is 3.36. The minimum Gasteiger partial charge on any atom is -0.321 e. The summed E-state index contributed by atoms with van der Waals surface area (Å²) in [6.45, 7) is 2.84. The van der Waals surface area contributed by atoms with Crippen LogP contribution in [0.5, 0.6) is 0 Å². The fourth-order valence-corrected chi connectivity index (χ4v) is 3.60. The summed E-state index contributed by atoms with van der Waals surface area (Å²) in [7, 11) is 0. The fraction of sp³-hybridized carbons (Fsp3) is 0.300. The van der Waals surface area contributed by atoms with E-state index in [1.54, 1.807) is 24.4 Å². The Bertz CT molecular complexity index is 1230. The third kappa shape index (κ3) is 3.41. The number of amides is 1. The Hall–Kier alpha value is -3.33. The molecule has 1 fully saturated rings. The molecule has 0 unspecified atom stereocenters. The molecular formula is C20H19ClN8O. The van der Waals surface area contributed by atoms with Crippen molar-refractivity contribution in [3.8, 4) is 5.69 Å². The molecule has 0 atom stereocenters. The molecule has 0 spiro atoms. The predicted octanol–water partition coefficient (Wildman–Crippen LogP) is 3.60. The van der Waals surface area contributed by atoms with Crippen LogP contribution in [0.3, 0.4) is 0 Å². The van der Waals surface area contributed by atoms with E-state index in [0.717, 1.165) is 42.5 Å². The number of benzene rings is 1. The molecule has 0 aliphatic heterocycles. The molecule has 9 nitrogen and oxygen atoms in total. The maximum atomic E-state index is 13.3. The Balaban J connectivity index is 1.53. The van der Waals surface area contributed by atoms with E-state index in [-0.39, 0.29) is 5.91 Å². The van der Waals surface area contributed by atoms with Gasteiger partial charge in [0.25, 0.3) is 5.91 Å². The zero-order chi connectivity index (χ0) is 20.7. The number of hydrogen-bond donors (Lipinski definition) is 1. The zero-order valence-electron chi connectivity index (χ0n) is 16.3. The Morgan fingerprint density at radius 3 is 2.90 bits per heavy atom. The standard InChI is InChI=1S/C20H19ClN8O/c1-2-7-28-19-15(10-23-28)14(9-17(24-19)12-3-4-12)20(30)25-18-8-13(5-6-16(18)21)29-11-22-26-27-29/h5-6,8-12H,2-4,7H2,1H3,(H,25,30). The van der Waals surface area contributed by atoms with Crippen LogP contribution in [-0.2, 0) is 6.54 Å². The molecular weight excluding hydrogens is 404 g/mol. The summed E-state index contributed by atoms with van der Waals surface area (Å²) in [6, 6.07) is 7.09. The second kappa shape index (κ2) is 7.49. The molecule has 0 bridgehead atoms. The molecule has 4 aromatic rings. The fourth-order valence-electron chi connectivity index (χ4n) is 3.44. The first kappa shape index (κ1) is 18.7. The van der Waals surface area contributed by atoms with E-state index in [1.807, 2.05) is 10.7 Å². The normalized spacial score (nSPS) is 13.7. The quantitative estimate of drug-likeness (QED) is 0.509. The Kier molecular flexibility index (Phi) is 4.66. The highest BCUT2D eigenvalue weighted by Gasteiger charge is 2.28. The number of fused-ring (bicyclic) bond motifs is 1. The maximum absolute atomic E-state index is 13.3. The second-order valence-electron chi connectivity index (χ2n) is 7.35. The van der Waals surface area contributed by atoms with Gasteiger partial charge in [-0.15, -0.1) is 5.10 Å². The topological polar surface area (TPSA) is 103 Å². The number of anilines is 1. The SMILES string of the molecule is CCCn1ncc2c(C(=O)Nc3cc(-n4cnnn4)ccc3Cl)cc(C3CC3)nc21. The molecule has 1 saturated carbocycles. The number of hydrogen-bond acceptors (Lipinski definition) is 6. The highest BCUT2D eigenvalue weighted by atomic mass is 35.5. The molecule has 0 saturated heterocycles. The van der Waals surface area contributed by atoms with Crippen LogP contribution in [0.2, 0.25) is 5.02 Å². The van der Waals surface area contributed by atoms with Crippen LogP contribution in [0.4, 0.5) is 5.69 Å². The first-order valence-electron chi connectivity index (χ1n) is 9.84. The van der Waals surface area contributed by atoms with Crippen LogP contribution >= 0.6 is 11.6 Å². The van der Waals surface area contributed by atoms with Gasteiger partial charge in [-0.1, -0.05) is 18.5 Å². The van der Waals surface area contributed by atoms with Crippen LogP contribution in [-0.4, -0.2) is 40.9 Å². The summed E-state index contributed by atoms with van der Waals surface area (Å²) in [5.41, 5.74) is 3.41. The number of rotatable bonds is 6. The monoisotopic (exact) mass is 422 g/mol. The average Bonchev–Trinajstić information content (AvgIpc) is 3.30. The van der Waals surface area contributed by atoms with Crippen molar-refractivity contribution >= 4 is 34.2 Å². The number of aromatic nitrogens is 7. The van der Waals surface area contributed by atoms with Gasteiger partial charge in [0.05, 0.1) is 33.5 Å². The lowest BCUT2D eigenvalue weighted by atomic mass is 10.1. The predicted molar refractivity (Wildman–Crippen MR) is 112 cm³/mol. The summed E-state index contributed by atoms with van der Waals surface area (Å²) >= 11 is 6.34. The molecule has 5 rings (SSSR count). The van der Waals surface area contributed by atoms with Gasteiger partial charge in [-0.2, -0.15) is 5.10 Å². The summed E-state index contributed by atoms with van der Waals surface area (Å²) in [4.78, 5) is 18.1. The van der Waals surface area contributed by atoms with Gasteiger partial charge in [0.15, 0.2) is 5.65 Å². The van der Waals surface area contributed by atoms with Gasteiger partial charge in [-0.3, -0.25) is 4.79 Å².